The summed E-state index contributed by atoms with van der Waals surface area (Å²) in [5.41, 5.74) is 7.92. The molecular formula is C44H28Cl2FeN6. The van der Waals surface area contributed by atoms with Gasteiger partial charge in [-0.3, -0.25) is 19.9 Å². The molecule has 256 valence electrons. The minimum Gasteiger partial charge on any atom is -0.654 e. The van der Waals surface area contributed by atoms with Gasteiger partial charge >= 0.3 is 17.1 Å². The smallest absolute Gasteiger partial charge is 0.654 e. The fraction of sp³-hybridized carbons (Fsp3) is 0.0455. The number of aryl methyl sites for hydroxylation is 1. The third kappa shape index (κ3) is 6.76. The monoisotopic (exact) mass is 766 g/mol. The predicted octanol–water partition coefficient (Wildman–Crippen LogP) is 14.0. The summed E-state index contributed by atoms with van der Waals surface area (Å²) in [4.78, 5) is 18.4. The Balaban J connectivity index is 0.000000148. The number of hydrogen-bond donors (Lipinski definition) is 0. The van der Waals surface area contributed by atoms with Gasteiger partial charge in [0.2, 0.25) is 0 Å². The van der Waals surface area contributed by atoms with Crippen molar-refractivity contribution in [1.29, 1.82) is 0 Å². The first-order chi connectivity index (χ1) is 25.6. The Labute approximate surface area is 326 Å². The van der Waals surface area contributed by atoms with Gasteiger partial charge in [0.05, 0.1) is 22.2 Å². The number of pyridine rings is 3. The van der Waals surface area contributed by atoms with E-state index >= 15 is 0 Å². The third-order valence-corrected chi connectivity index (χ3v) is 9.67. The molecule has 0 atom stereocenters. The average molecular weight is 768 g/mol. The average Bonchev–Trinajstić information content (AvgIpc) is 3.18. The maximum atomic E-state index is 6.42. The van der Waals surface area contributed by atoms with Crippen LogP contribution in [-0.2, 0) is 23.5 Å². The van der Waals surface area contributed by atoms with E-state index in [2.05, 4.69) is 44.2 Å². The first-order valence-electron chi connectivity index (χ1n) is 16.9. The first-order valence-corrected chi connectivity index (χ1v) is 17.7. The maximum absolute atomic E-state index is 6.42. The van der Waals surface area contributed by atoms with Crippen molar-refractivity contribution in [2.45, 2.75) is 12.8 Å². The van der Waals surface area contributed by atoms with Crippen molar-refractivity contribution in [3.63, 3.8) is 0 Å². The number of hydrogen-bond acceptors (Lipinski definition) is 4. The predicted molar refractivity (Wildman–Crippen MR) is 219 cm³/mol. The fourth-order valence-corrected chi connectivity index (χ4v) is 7.26. The number of fused-ring (bicyclic) bond motifs is 8. The van der Waals surface area contributed by atoms with Crippen LogP contribution in [0.25, 0.3) is 64.9 Å². The molecule has 1 aliphatic heterocycles. The standard InChI is InChI=1S/C22H15ClN3.C22H13ClN3.Fe/c2*23-16-11-18-17-8-2-1-5-15(17)13-25-22(18)20(12-16)26-19-9-3-6-14-7-4-10-24-21(14)19;/h1-3,5-6,8-13H,4,7H2;1-13H;/q2*-1;+2. The largest absolute Gasteiger partial charge is 2.00 e. The summed E-state index contributed by atoms with van der Waals surface area (Å²) < 4.78 is 0. The number of para-hydroxylation sites is 2. The van der Waals surface area contributed by atoms with Gasteiger partial charge in [0.1, 0.15) is 0 Å². The Morgan fingerprint density at radius 1 is 0.491 bits per heavy atom. The SMILES string of the molecule is Clc1cc([N-]c2cccc3c2N=CCC3)c2ncc3ccccc3c2c1.Clc1cc([N-]c2cccc3cccnc23)c2ncc3ccccc3c2c1.[Fe+2]. The Morgan fingerprint density at radius 2 is 1.06 bits per heavy atom. The van der Waals surface area contributed by atoms with Crippen LogP contribution in [0.5, 0.6) is 0 Å². The van der Waals surface area contributed by atoms with Crippen molar-refractivity contribution in [2.75, 3.05) is 0 Å². The van der Waals surface area contributed by atoms with Crippen LogP contribution in [0.4, 0.5) is 28.4 Å². The Morgan fingerprint density at radius 3 is 1.74 bits per heavy atom. The van der Waals surface area contributed by atoms with Crippen molar-refractivity contribution in [2.24, 2.45) is 4.99 Å². The molecule has 0 spiro atoms. The van der Waals surface area contributed by atoms with Gasteiger partial charge in [-0.15, -0.1) is 22.7 Å². The van der Waals surface area contributed by atoms with E-state index in [0.29, 0.717) is 10.0 Å². The second-order valence-corrected chi connectivity index (χ2v) is 13.4. The minimum atomic E-state index is 0. The molecule has 4 heterocycles. The van der Waals surface area contributed by atoms with E-state index in [4.69, 9.17) is 33.8 Å². The van der Waals surface area contributed by atoms with Crippen LogP contribution in [0, 0.1) is 0 Å². The van der Waals surface area contributed by atoms with Gasteiger partial charge in [-0.25, -0.2) is 0 Å². The molecule has 3 aromatic heterocycles. The maximum Gasteiger partial charge on any atom is 2.00 e. The van der Waals surface area contributed by atoms with Gasteiger partial charge in [0, 0.05) is 56.4 Å². The van der Waals surface area contributed by atoms with Crippen molar-refractivity contribution in [1.82, 2.24) is 15.0 Å². The van der Waals surface area contributed by atoms with Crippen LogP contribution in [0.2, 0.25) is 10.0 Å². The summed E-state index contributed by atoms with van der Waals surface area (Å²) in [6, 6.07) is 40.1. The summed E-state index contributed by atoms with van der Waals surface area (Å²) in [5.74, 6) is 0. The Bertz CT molecular complexity index is 2850. The molecule has 10 rings (SSSR count). The minimum absolute atomic E-state index is 0. The van der Waals surface area contributed by atoms with E-state index in [1.807, 2.05) is 116 Å². The molecule has 6 aromatic carbocycles. The molecular weight excluding hydrogens is 739 g/mol. The number of nitrogens with zero attached hydrogens (tertiary/aromatic N) is 6. The van der Waals surface area contributed by atoms with Crippen LogP contribution >= 0.6 is 23.2 Å². The third-order valence-electron chi connectivity index (χ3n) is 9.23. The number of aromatic nitrogens is 3. The van der Waals surface area contributed by atoms with Gasteiger partial charge in [-0.05, 0) is 52.8 Å². The summed E-state index contributed by atoms with van der Waals surface area (Å²) >= 11 is 12.8. The zero-order valence-corrected chi connectivity index (χ0v) is 30.7. The molecule has 6 nitrogen and oxygen atoms in total. The number of rotatable bonds is 4. The van der Waals surface area contributed by atoms with Gasteiger partial charge < -0.3 is 10.6 Å². The molecule has 0 saturated heterocycles. The molecule has 9 aromatic rings. The van der Waals surface area contributed by atoms with Crippen LogP contribution in [0.3, 0.4) is 0 Å². The van der Waals surface area contributed by atoms with Gasteiger partial charge in [-0.1, -0.05) is 126 Å². The van der Waals surface area contributed by atoms with Gasteiger partial charge in [-0.2, -0.15) is 0 Å². The molecule has 0 N–H and O–H groups in total. The Hall–Kier alpha value is -5.56. The van der Waals surface area contributed by atoms with E-state index in [1.165, 1.54) is 5.56 Å². The van der Waals surface area contributed by atoms with Crippen LogP contribution in [-0.4, -0.2) is 21.2 Å². The summed E-state index contributed by atoms with van der Waals surface area (Å²) in [7, 11) is 0. The zero-order valence-electron chi connectivity index (χ0n) is 28.1. The first kappa shape index (κ1) is 34.5. The summed E-state index contributed by atoms with van der Waals surface area (Å²) in [6.07, 6.45) is 9.49. The molecule has 0 bridgehead atoms. The summed E-state index contributed by atoms with van der Waals surface area (Å²) in [5, 5.41) is 18.5. The molecule has 0 aliphatic carbocycles. The Kier molecular flexibility index (Phi) is 9.65. The molecule has 9 heteroatoms. The summed E-state index contributed by atoms with van der Waals surface area (Å²) in [6.45, 7) is 0. The van der Waals surface area contributed by atoms with E-state index in [9.17, 15) is 0 Å². The van der Waals surface area contributed by atoms with Crippen molar-refractivity contribution >= 4 is 112 Å². The quantitative estimate of drug-likeness (QED) is 0.132. The molecule has 1 aliphatic rings. The van der Waals surface area contributed by atoms with Crippen LogP contribution in [0.15, 0.2) is 145 Å². The molecule has 0 saturated carbocycles. The number of benzene rings is 6. The van der Waals surface area contributed by atoms with Crippen LogP contribution in [0.1, 0.15) is 12.0 Å². The van der Waals surface area contributed by atoms with E-state index in [-0.39, 0.29) is 17.1 Å². The molecule has 0 fully saturated rings. The van der Waals surface area contributed by atoms with Gasteiger partial charge in [0.15, 0.2) is 0 Å². The normalized spacial score (nSPS) is 12.0. The zero-order chi connectivity index (χ0) is 35.0. The van der Waals surface area contributed by atoms with Crippen molar-refractivity contribution in [3.8, 4) is 0 Å². The number of halogens is 2. The second-order valence-electron chi connectivity index (χ2n) is 12.5. The van der Waals surface area contributed by atoms with Gasteiger partial charge in [0.25, 0.3) is 0 Å². The van der Waals surface area contributed by atoms with E-state index in [0.717, 1.165) is 95.5 Å². The topological polar surface area (TPSA) is 79.2 Å². The van der Waals surface area contributed by atoms with E-state index in [1.54, 1.807) is 6.20 Å². The molecule has 0 radical (unpaired) electrons. The second kappa shape index (κ2) is 14.8. The number of aliphatic imine (C=N–C) groups is 1. The molecule has 0 amide bonds. The van der Waals surface area contributed by atoms with Crippen LogP contribution < -0.4 is 0 Å². The molecule has 53 heavy (non-hydrogen) atoms. The molecule has 0 unspecified atom stereocenters. The fourth-order valence-electron chi connectivity index (χ4n) is 6.83. The van der Waals surface area contributed by atoms with E-state index < -0.39 is 0 Å². The van der Waals surface area contributed by atoms with Crippen molar-refractivity contribution < 1.29 is 17.1 Å². The van der Waals surface area contributed by atoms with Crippen molar-refractivity contribution in [3.05, 3.63) is 166 Å².